The lowest BCUT2D eigenvalue weighted by Gasteiger charge is -2.08. The SMILES string of the molecule is CCC(CCCCCCCCCC(=O)O)C(=O)O.N. The van der Waals surface area contributed by atoms with Crippen LogP contribution in [0.4, 0.5) is 0 Å². The predicted octanol–water partition coefficient (Wildman–Crippen LogP) is 3.85. The van der Waals surface area contributed by atoms with Crippen LogP contribution in [0.15, 0.2) is 0 Å². The zero-order valence-electron chi connectivity index (χ0n) is 12.1. The molecule has 0 aliphatic carbocycles. The van der Waals surface area contributed by atoms with Crippen LogP contribution in [0.1, 0.15) is 71.1 Å². The van der Waals surface area contributed by atoms with Gasteiger partial charge in [0, 0.05) is 6.42 Å². The fraction of sp³-hybridized carbons (Fsp3) is 0.857. The van der Waals surface area contributed by atoms with Gasteiger partial charge >= 0.3 is 11.9 Å². The lowest BCUT2D eigenvalue weighted by molar-refractivity contribution is -0.142. The predicted molar refractivity (Wildman–Crippen MR) is 75.6 cm³/mol. The van der Waals surface area contributed by atoms with Gasteiger partial charge in [-0.3, -0.25) is 9.59 Å². The van der Waals surface area contributed by atoms with Crippen molar-refractivity contribution in [2.45, 2.75) is 71.1 Å². The Morgan fingerprint density at radius 1 is 0.895 bits per heavy atom. The molecule has 0 saturated carbocycles. The Balaban J connectivity index is 0. The lowest BCUT2D eigenvalue weighted by atomic mass is 9.98. The highest BCUT2D eigenvalue weighted by Gasteiger charge is 2.13. The Kier molecular flexibility index (Phi) is 14.2. The highest BCUT2D eigenvalue weighted by atomic mass is 16.4. The average Bonchev–Trinajstić information content (AvgIpc) is 2.31. The monoisotopic (exact) mass is 275 g/mol. The molecule has 0 aliphatic heterocycles. The number of rotatable bonds is 12. The van der Waals surface area contributed by atoms with Crippen molar-refractivity contribution in [3.8, 4) is 0 Å². The summed E-state index contributed by atoms with van der Waals surface area (Å²) in [5, 5.41) is 17.3. The van der Waals surface area contributed by atoms with Crippen molar-refractivity contribution in [3.05, 3.63) is 0 Å². The van der Waals surface area contributed by atoms with E-state index in [-0.39, 0.29) is 18.5 Å². The quantitative estimate of drug-likeness (QED) is 0.468. The molecule has 0 aromatic carbocycles. The Labute approximate surface area is 116 Å². The lowest BCUT2D eigenvalue weighted by Crippen LogP contribution is -2.12. The number of unbranched alkanes of at least 4 members (excludes halogenated alkanes) is 6. The number of aliphatic carboxylic acids is 2. The zero-order valence-corrected chi connectivity index (χ0v) is 12.1. The zero-order chi connectivity index (χ0) is 13.8. The van der Waals surface area contributed by atoms with Gasteiger partial charge in [0.15, 0.2) is 0 Å². The van der Waals surface area contributed by atoms with E-state index in [2.05, 4.69) is 0 Å². The molecule has 0 amide bonds. The van der Waals surface area contributed by atoms with E-state index in [1.54, 1.807) is 0 Å². The van der Waals surface area contributed by atoms with Gasteiger partial charge in [-0.05, 0) is 19.3 Å². The summed E-state index contributed by atoms with van der Waals surface area (Å²) in [6.07, 6.45) is 8.94. The Morgan fingerprint density at radius 3 is 1.79 bits per heavy atom. The van der Waals surface area contributed by atoms with Gasteiger partial charge in [-0.15, -0.1) is 0 Å². The van der Waals surface area contributed by atoms with E-state index in [1.807, 2.05) is 6.92 Å². The van der Waals surface area contributed by atoms with E-state index in [9.17, 15) is 9.59 Å². The van der Waals surface area contributed by atoms with Crippen molar-refractivity contribution in [1.82, 2.24) is 6.15 Å². The molecule has 19 heavy (non-hydrogen) atoms. The molecule has 114 valence electrons. The molecule has 5 nitrogen and oxygen atoms in total. The second-order valence-electron chi connectivity index (χ2n) is 4.85. The number of carboxylic acids is 2. The van der Waals surface area contributed by atoms with Crippen molar-refractivity contribution in [1.29, 1.82) is 0 Å². The highest BCUT2D eigenvalue weighted by molar-refractivity contribution is 5.69. The first-order valence-corrected chi connectivity index (χ1v) is 7.02. The number of hydrogen-bond acceptors (Lipinski definition) is 3. The molecule has 0 radical (unpaired) electrons. The summed E-state index contributed by atoms with van der Waals surface area (Å²) in [5.41, 5.74) is 0. The van der Waals surface area contributed by atoms with Gasteiger partial charge in [0.1, 0.15) is 0 Å². The van der Waals surface area contributed by atoms with Crippen molar-refractivity contribution in [3.63, 3.8) is 0 Å². The molecule has 0 bridgehead atoms. The molecule has 0 spiro atoms. The van der Waals surface area contributed by atoms with Crippen LogP contribution in [0.25, 0.3) is 0 Å². The normalized spacial score (nSPS) is 11.6. The van der Waals surface area contributed by atoms with Gasteiger partial charge in [-0.2, -0.15) is 0 Å². The summed E-state index contributed by atoms with van der Waals surface area (Å²) in [4.78, 5) is 21.0. The van der Waals surface area contributed by atoms with Crippen LogP contribution in [0.3, 0.4) is 0 Å². The summed E-state index contributed by atoms with van der Waals surface area (Å²) >= 11 is 0. The third-order valence-corrected chi connectivity index (χ3v) is 3.29. The molecule has 5 heteroatoms. The van der Waals surface area contributed by atoms with Crippen molar-refractivity contribution in [2.75, 3.05) is 0 Å². The van der Waals surface area contributed by atoms with Gasteiger partial charge < -0.3 is 16.4 Å². The molecule has 0 fully saturated rings. The largest absolute Gasteiger partial charge is 0.481 e. The maximum absolute atomic E-state index is 10.8. The summed E-state index contributed by atoms with van der Waals surface area (Å²) in [7, 11) is 0. The smallest absolute Gasteiger partial charge is 0.306 e. The van der Waals surface area contributed by atoms with Gasteiger partial charge in [-0.25, -0.2) is 0 Å². The van der Waals surface area contributed by atoms with Crippen LogP contribution in [0.5, 0.6) is 0 Å². The van der Waals surface area contributed by atoms with Gasteiger partial charge in [-0.1, -0.05) is 45.4 Å². The average molecular weight is 275 g/mol. The summed E-state index contributed by atoms with van der Waals surface area (Å²) in [6.45, 7) is 1.92. The first kappa shape index (κ1) is 20.2. The van der Waals surface area contributed by atoms with Gasteiger partial charge in [0.25, 0.3) is 0 Å². The van der Waals surface area contributed by atoms with Gasteiger partial charge in [0.05, 0.1) is 5.92 Å². The van der Waals surface area contributed by atoms with Crippen molar-refractivity contribution in [2.24, 2.45) is 5.92 Å². The maximum Gasteiger partial charge on any atom is 0.306 e. The van der Waals surface area contributed by atoms with E-state index in [0.717, 1.165) is 51.4 Å². The molecule has 0 heterocycles. The molecule has 1 unspecified atom stereocenters. The summed E-state index contributed by atoms with van der Waals surface area (Å²) in [6, 6.07) is 0. The van der Waals surface area contributed by atoms with Crippen LogP contribution in [-0.4, -0.2) is 22.2 Å². The topological polar surface area (TPSA) is 110 Å². The van der Waals surface area contributed by atoms with Crippen LogP contribution in [-0.2, 0) is 9.59 Å². The molecular weight excluding hydrogens is 246 g/mol. The van der Waals surface area contributed by atoms with E-state index >= 15 is 0 Å². The summed E-state index contributed by atoms with van der Waals surface area (Å²) < 4.78 is 0. The van der Waals surface area contributed by atoms with E-state index in [4.69, 9.17) is 10.2 Å². The standard InChI is InChI=1S/C14H26O4.H3N/c1-2-12(14(17)18)10-8-6-4-3-5-7-9-11-13(15)16;/h12H,2-11H2,1H3,(H,15,16)(H,17,18);1H3. The maximum atomic E-state index is 10.8. The highest BCUT2D eigenvalue weighted by Crippen LogP contribution is 2.15. The van der Waals surface area contributed by atoms with Crippen LogP contribution in [0.2, 0.25) is 0 Å². The first-order valence-electron chi connectivity index (χ1n) is 7.02. The summed E-state index contributed by atoms with van der Waals surface area (Å²) in [5.74, 6) is -1.57. The van der Waals surface area contributed by atoms with Gasteiger partial charge in [0.2, 0.25) is 0 Å². The first-order chi connectivity index (χ1) is 8.57. The number of carboxylic acid groups (broad SMARTS) is 2. The molecule has 5 N–H and O–H groups in total. The minimum Gasteiger partial charge on any atom is -0.481 e. The van der Waals surface area contributed by atoms with E-state index < -0.39 is 11.9 Å². The van der Waals surface area contributed by atoms with E-state index in [0.29, 0.717) is 6.42 Å². The second-order valence-corrected chi connectivity index (χ2v) is 4.85. The fourth-order valence-electron chi connectivity index (χ4n) is 2.05. The fourth-order valence-corrected chi connectivity index (χ4v) is 2.05. The molecule has 0 aliphatic rings. The molecule has 1 atom stereocenters. The van der Waals surface area contributed by atoms with Crippen LogP contribution >= 0.6 is 0 Å². The van der Waals surface area contributed by atoms with Crippen molar-refractivity contribution >= 4 is 11.9 Å². The third-order valence-electron chi connectivity index (χ3n) is 3.29. The van der Waals surface area contributed by atoms with E-state index in [1.165, 1.54) is 0 Å². The number of carbonyl (C=O) groups is 2. The minimum atomic E-state index is -0.714. The van der Waals surface area contributed by atoms with Crippen molar-refractivity contribution < 1.29 is 19.8 Å². The second kappa shape index (κ2) is 13.3. The third kappa shape index (κ3) is 13.1. The molecule has 0 aromatic rings. The molecule has 0 rings (SSSR count). The Bertz CT molecular complexity index is 244. The molecule has 0 aromatic heterocycles. The molecular formula is C14H29NO4. The molecule has 0 saturated heterocycles. The minimum absolute atomic E-state index is 0. The van der Waals surface area contributed by atoms with Crippen LogP contribution in [0, 0.1) is 5.92 Å². The van der Waals surface area contributed by atoms with Crippen LogP contribution < -0.4 is 6.15 Å². The number of hydrogen-bond donors (Lipinski definition) is 3. The Morgan fingerprint density at radius 2 is 1.37 bits per heavy atom. The Hall–Kier alpha value is -1.10.